The van der Waals surface area contributed by atoms with Gasteiger partial charge in [0.05, 0.1) is 6.54 Å². The Labute approximate surface area is 192 Å². The van der Waals surface area contributed by atoms with Gasteiger partial charge in [-0.2, -0.15) is 10.1 Å². The number of nitrogens with one attached hydrogen (secondary N) is 1. The molecule has 0 spiro atoms. The average Bonchev–Trinajstić information content (AvgIpc) is 3.43. The molecule has 2 aromatic carbocycles. The van der Waals surface area contributed by atoms with E-state index in [2.05, 4.69) is 20.6 Å². The van der Waals surface area contributed by atoms with E-state index in [4.69, 9.17) is 4.52 Å². The number of aryl methyl sites for hydroxylation is 2. The Kier molecular flexibility index (Phi) is 5.64. The molecular weight excluding hydrogens is 416 g/mol. The number of rotatable bonds is 5. The van der Waals surface area contributed by atoms with Crippen LogP contribution in [0.3, 0.4) is 0 Å². The molecule has 2 aromatic heterocycles. The molecule has 8 heteroatoms. The summed E-state index contributed by atoms with van der Waals surface area (Å²) in [5.74, 6) is 0.999. The molecule has 0 atom stereocenters. The molecule has 0 fully saturated rings. The van der Waals surface area contributed by atoms with Crippen LogP contribution >= 0.6 is 0 Å². The van der Waals surface area contributed by atoms with Crippen molar-refractivity contribution >= 4 is 6.03 Å². The monoisotopic (exact) mass is 442 g/mol. The van der Waals surface area contributed by atoms with Gasteiger partial charge in [0, 0.05) is 44.2 Å². The van der Waals surface area contributed by atoms with E-state index >= 15 is 0 Å². The maximum absolute atomic E-state index is 12.8. The van der Waals surface area contributed by atoms with E-state index in [9.17, 15) is 4.79 Å². The molecule has 0 saturated carbocycles. The van der Waals surface area contributed by atoms with Crippen molar-refractivity contribution in [2.75, 3.05) is 6.54 Å². The molecule has 0 unspecified atom stereocenters. The van der Waals surface area contributed by atoms with Crippen LogP contribution in [0.4, 0.5) is 4.79 Å². The van der Waals surface area contributed by atoms with Gasteiger partial charge in [0.25, 0.3) is 5.89 Å². The van der Waals surface area contributed by atoms with Crippen molar-refractivity contribution in [2.45, 2.75) is 32.9 Å². The van der Waals surface area contributed by atoms with Crippen LogP contribution in [0, 0.1) is 6.92 Å². The van der Waals surface area contributed by atoms with E-state index in [1.807, 2.05) is 78.2 Å². The second-order valence-corrected chi connectivity index (χ2v) is 8.39. The number of hydrogen-bond donors (Lipinski definition) is 1. The highest BCUT2D eigenvalue weighted by Crippen LogP contribution is 2.29. The number of hydrogen-bond acceptors (Lipinski definition) is 5. The summed E-state index contributed by atoms with van der Waals surface area (Å²) in [7, 11) is 1.91. The van der Waals surface area contributed by atoms with Crippen molar-refractivity contribution < 1.29 is 9.32 Å². The van der Waals surface area contributed by atoms with Gasteiger partial charge in [0.2, 0.25) is 0 Å². The van der Waals surface area contributed by atoms with Gasteiger partial charge in [-0.15, -0.1) is 0 Å². The topological polar surface area (TPSA) is 89.1 Å². The second kappa shape index (κ2) is 8.90. The number of fused-ring (bicyclic) bond motifs is 1. The van der Waals surface area contributed by atoms with E-state index < -0.39 is 0 Å². The number of urea groups is 1. The van der Waals surface area contributed by atoms with Crippen LogP contribution in [0.5, 0.6) is 0 Å². The maximum Gasteiger partial charge on any atom is 0.317 e. The molecule has 3 heterocycles. The predicted molar refractivity (Wildman–Crippen MR) is 123 cm³/mol. The van der Waals surface area contributed by atoms with Crippen LogP contribution < -0.4 is 5.32 Å². The van der Waals surface area contributed by atoms with Gasteiger partial charge >= 0.3 is 6.03 Å². The SMILES string of the molecule is Cc1ccc(CNC(=O)N2CCc3c(c(-c4nc(Cc5ccccc5)no4)nn3C)C2)cc1. The predicted octanol–water partition coefficient (Wildman–Crippen LogP) is 3.64. The van der Waals surface area contributed by atoms with Crippen LogP contribution in [0.2, 0.25) is 0 Å². The molecular formula is C25H26N6O2. The van der Waals surface area contributed by atoms with Gasteiger partial charge in [0.15, 0.2) is 11.5 Å². The molecule has 0 bridgehead atoms. The molecule has 2 amide bonds. The Hall–Kier alpha value is -3.94. The zero-order chi connectivity index (χ0) is 22.8. The Bertz CT molecular complexity index is 1260. The second-order valence-electron chi connectivity index (χ2n) is 8.39. The van der Waals surface area contributed by atoms with Crippen LogP contribution in [0.25, 0.3) is 11.6 Å². The Morgan fingerprint density at radius 1 is 1.09 bits per heavy atom. The lowest BCUT2D eigenvalue weighted by atomic mass is 10.1. The van der Waals surface area contributed by atoms with E-state index in [-0.39, 0.29) is 6.03 Å². The molecule has 8 nitrogen and oxygen atoms in total. The van der Waals surface area contributed by atoms with Crippen LogP contribution in [-0.4, -0.2) is 37.4 Å². The fourth-order valence-electron chi connectivity index (χ4n) is 4.13. The normalized spacial score (nSPS) is 13.1. The third-order valence-electron chi connectivity index (χ3n) is 5.97. The number of nitrogens with zero attached hydrogens (tertiary/aromatic N) is 5. The van der Waals surface area contributed by atoms with Crippen molar-refractivity contribution in [1.82, 2.24) is 30.1 Å². The first-order chi connectivity index (χ1) is 16.1. The number of carbonyl (C=O) groups excluding carboxylic acids is 1. The first-order valence-corrected chi connectivity index (χ1v) is 11.1. The van der Waals surface area contributed by atoms with Crippen LogP contribution in [0.1, 0.15) is 33.8 Å². The standard InChI is InChI=1S/C25H26N6O2/c1-17-8-10-19(11-9-17)15-26-25(32)31-13-12-21-20(16-31)23(28-30(21)2)24-27-22(29-33-24)14-18-6-4-3-5-7-18/h3-11H,12-16H2,1-2H3,(H,26,32). The molecule has 5 rings (SSSR count). The minimum atomic E-state index is -0.0914. The summed E-state index contributed by atoms with van der Waals surface area (Å²) in [5, 5.41) is 11.8. The summed E-state index contributed by atoms with van der Waals surface area (Å²) in [5.41, 5.74) is 6.09. The molecule has 1 aliphatic heterocycles. The molecule has 33 heavy (non-hydrogen) atoms. The lowest BCUT2D eigenvalue weighted by molar-refractivity contribution is 0.191. The van der Waals surface area contributed by atoms with Gasteiger partial charge in [-0.1, -0.05) is 65.3 Å². The zero-order valence-electron chi connectivity index (χ0n) is 18.8. The number of carbonyl (C=O) groups is 1. The quantitative estimate of drug-likeness (QED) is 0.510. The van der Waals surface area contributed by atoms with Gasteiger partial charge in [-0.25, -0.2) is 4.79 Å². The highest BCUT2D eigenvalue weighted by molar-refractivity contribution is 5.75. The van der Waals surface area contributed by atoms with E-state index in [0.29, 0.717) is 43.5 Å². The maximum atomic E-state index is 12.8. The Morgan fingerprint density at radius 3 is 2.67 bits per heavy atom. The fourth-order valence-corrected chi connectivity index (χ4v) is 4.13. The lowest BCUT2D eigenvalue weighted by Crippen LogP contribution is -2.42. The molecule has 0 saturated heterocycles. The largest absolute Gasteiger partial charge is 0.334 e. The number of aromatic nitrogens is 4. The Morgan fingerprint density at radius 2 is 1.88 bits per heavy atom. The lowest BCUT2D eigenvalue weighted by Gasteiger charge is -2.27. The highest BCUT2D eigenvalue weighted by atomic mass is 16.5. The van der Waals surface area contributed by atoms with Crippen molar-refractivity contribution in [3.05, 3.63) is 88.4 Å². The van der Waals surface area contributed by atoms with Crippen molar-refractivity contribution in [3.8, 4) is 11.6 Å². The fraction of sp³-hybridized carbons (Fsp3) is 0.280. The van der Waals surface area contributed by atoms with Crippen molar-refractivity contribution in [2.24, 2.45) is 7.05 Å². The van der Waals surface area contributed by atoms with E-state index in [1.165, 1.54) is 5.56 Å². The molecule has 0 radical (unpaired) electrons. The third-order valence-corrected chi connectivity index (χ3v) is 5.97. The molecule has 1 aliphatic rings. The average molecular weight is 443 g/mol. The van der Waals surface area contributed by atoms with Gasteiger partial charge in [-0.05, 0) is 18.1 Å². The van der Waals surface area contributed by atoms with Crippen molar-refractivity contribution in [3.63, 3.8) is 0 Å². The molecule has 1 N–H and O–H groups in total. The minimum Gasteiger partial charge on any atom is -0.334 e. The molecule has 0 aliphatic carbocycles. The summed E-state index contributed by atoms with van der Waals surface area (Å²) in [6.45, 7) is 3.63. The summed E-state index contributed by atoms with van der Waals surface area (Å²) in [4.78, 5) is 19.2. The van der Waals surface area contributed by atoms with E-state index in [1.54, 1.807) is 0 Å². The minimum absolute atomic E-state index is 0.0914. The third kappa shape index (κ3) is 4.50. The first-order valence-electron chi connectivity index (χ1n) is 11.1. The highest BCUT2D eigenvalue weighted by Gasteiger charge is 2.29. The smallest absolute Gasteiger partial charge is 0.317 e. The molecule has 168 valence electrons. The van der Waals surface area contributed by atoms with E-state index in [0.717, 1.165) is 28.8 Å². The van der Waals surface area contributed by atoms with Crippen LogP contribution in [0.15, 0.2) is 59.1 Å². The van der Waals surface area contributed by atoms with Crippen LogP contribution in [-0.2, 0) is 33.0 Å². The van der Waals surface area contributed by atoms with Crippen molar-refractivity contribution in [1.29, 1.82) is 0 Å². The first kappa shape index (κ1) is 20.9. The van der Waals surface area contributed by atoms with Gasteiger partial charge < -0.3 is 14.7 Å². The summed E-state index contributed by atoms with van der Waals surface area (Å²) < 4.78 is 7.41. The van der Waals surface area contributed by atoms with Gasteiger partial charge in [-0.3, -0.25) is 4.68 Å². The Balaban J connectivity index is 1.30. The number of amides is 2. The summed E-state index contributed by atoms with van der Waals surface area (Å²) in [6.07, 6.45) is 1.31. The summed E-state index contributed by atoms with van der Waals surface area (Å²) in [6, 6.07) is 18.1. The zero-order valence-corrected chi connectivity index (χ0v) is 18.8. The van der Waals surface area contributed by atoms with Gasteiger partial charge in [0.1, 0.15) is 0 Å². The number of benzene rings is 2. The summed E-state index contributed by atoms with van der Waals surface area (Å²) >= 11 is 0. The molecule has 4 aromatic rings.